The van der Waals surface area contributed by atoms with Crippen LogP contribution < -0.4 is 0 Å². The molecule has 0 atom stereocenters. The summed E-state index contributed by atoms with van der Waals surface area (Å²) in [6.07, 6.45) is 8.96. The number of allylic oxidation sites excluding steroid dienone is 3. The minimum absolute atomic E-state index is 0.197. The van der Waals surface area contributed by atoms with E-state index >= 15 is 0 Å². The molecule has 0 amide bonds. The number of carbonyl (C=O) groups excluding carboxylic acids is 1. The Labute approximate surface area is 156 Å². The summed E-state index contributed by atoms with van der Waals surface area (Å²) >= 11 is 0. The minimum atomic E-state index is -0.542. The summed E-state index contributed by atoms with van der Waals surface area (Å²) in [7, 11) is 0. The van der Waals surface area contributed by atoms with Crippen molar-refractivity contribution in [3.8, 4) is 0 Å². The molecule has 0 bridgehead atoms. The molecule has 0 radical (unpaired) electrons. The predicted molar refractivity (Wildman–Crippen MR) is 106 cm³/mol. The van der Waals surface area contributed by atoms with Gasteiger partial charge in [-0.05, 0) is 67.4 Å². The SMILES string of the molecule is CCOC(=O)C/C(F)=C/c1cccc(/C=C/C2=C(C)CCCC2(C)C)c1. The molecule has 26 heavy (non-hydrogen) atoms. The van der Waals surface area contributed by atoms with Crippen molar-refractivity contribution in [2.75, 3.05) is 6.61 Å². The van der Waals surface area contributed by atoms with E-state index in [4.69, 9.17) is 4.74 Å². The second kappa shape index (κ2) is 8.98. The van der Waals surface area contributed by atoms with Crippen molar-refractivity contribution < 1.29 is 13.9 Å². The molecule has 0 N–H and O–H groups in total. The number of rotatable bonds is 6. The number of carbonyl (C=O) groups is 1. The molecule has 1 aromatic carbocycles. The first-order valence-electron chi connectivity index (χ1n) is 9.32. The molecular formula is C23H29FO2. The van der Waals surface area contributed by atoms with E-state index in [-0.39, 0.29) is 18.4 Å². The van der Waals surface area contributed by atoms with Gasteiger partial charge in [-0.2, -0.15) is 0 Å². The van der Waals surface area contributed by atoms with Gasteiger partial charge in [0, 0.05) is 0 Å². The van der Waals surface area contributed by atoms with Crippen LogP contribution >= 0.6 is 0 Å². The van der Waals surface area contributed by atoms with E-state index in [9.17, 15) is 9.18 Å². The Morgan fingerprint density at radius 1 is 1.27 bits per heavy atom. The molecule has 1 aliphatic rings. The topological polar surface area (TPSA) is 26.3 Å². The third kappa shape index (κ3) is 5.69. The first-order valence-corrected chi connectivity index (χ1v) is 9.32. The Bertz CT molecular complexity index is 738. The maximum atomic E-state index is 14.0. The van der Waals surface area contributed by atoms with E-state index in [1.54, 1.807) is 6.92 Å². The van der Waals surface area contributed by atoms with Gasteiger partial charge >= 0.3 is 5.97 Å². The number of benzene rings is 1. The van der Waals surface area contributed by atoms with Crippen molar-refractivity contribution in [1.82, 2.24) is 0 Å². The quantitative estimate of drug-likeness (QED) is 0.545. The molecule has 0 aromatic heterocycles. The summed E-state index contributed by atoms with van der Waals surface area (Å²) in [6.45, 7) is 8.76. The lowest BCUT2D eigenvalue weighted by atomic mass is 9.72. The van der Waals surface area contributed by atoms with Crippen LogP contribution in [-0.4, -0.2) is 12.6 Å². The molecule has 0 saturated heterocycles. The Balaban J connectivity index is 2.15. The summed E-state index contributed by atoms with van der Waals surface area (Å²) in [4.78, 5) is 11.4. The van der Waals surface area contributed by atoms with Crippen LogP contribution in [0.25, 0.3) is 12.2 Å². The average molecular weight is 356 g/mol. The van der Waals surface area contributed by atoms with Crippen LogP contribution in [0.4, 0.5) is 4.39 Å². The molecule has 0 heterocycles. The van der Waals surface area contributed by atoms with Crippen LogP contribution in [0.15, 0.2) is 47.3 Å². The minimum Gasteiger partial charge on any atom is -0.466 e. The molecule has 0 saturated carbocycles. The van der Waals surface area contributed by atoms with Gasteiger partial charge in [-0.3, -0.25) is 4.79 Å². The normalized spacial score (nSPS) is 17.7. The Morgan fingerprint density at radius 3 is 2.69 bits per heavy atom. The number of ether oxygens (including phenoxy) is 1. The maximum Gasteiger partial charge on any atom is 0.312 e. The highest BCUT2D eigenvalue weighted by Gasteiger charge is 2.26. The molecular weight excluding hydrogens is 327 g/mol. The van der Waals surface area contributed by atoms with Gasteiger partial charge in [0.15, 0.2) is 0 Å². The van der Waals surface area contributed by atoms with Crippen molar-refractivity contribution in [1.29, 1.82) is 0 Å². The summed E-state index contributed by atoms with van der Waals surface area (Å²) < 4.78 is 18.7. The lowest BCUT2D eigenvalue weighted by molar-refractivity contribution is -0.142. The van der Waals surface area contributed by atoms with Crippen LogP contribution in [0.3, 0.4) is 0 Å². The van der Waals surface area contributed by atoms with Crippen LogP contribution in [0.2, 0.25) is 0 Å². The van der Waals surface area contributed by atoms with E-state index in [1.165, 1.54) is 30.1 Å². The van der Waals surface area contributed by atoms with Crippen LogP contribution in [0.5, 0.6) is 0 Å². The lowest BCUT2D eigenvalue weighted by Crippen LogP contribution is -2.18. The number of hydrogen-bond donors (Lipinski definition) is 0. The summed E-state index contributed by atoms with van der Waals surface area (Å²) in [6, 6.07) is 7.66. The first-order chi connectivity index (χ1) is 12.3. The smallest absolute Gasteiger partial charge is 0.312 e. The fourth-order valence-electron chi connectivity index (χ4n) is 3.52. The molecule has 0 aliphatic heterocycles. The molecule has 140 valence electrons. The number of esters is 1. The molecule has 0 unspecified atom stereocenters. The third-order valence-corrected chi connectivity index (χ3v) is 4.84. The first kappa shape index (κ1) is 20.2. The zero-order valence-electron chi connectivity index (χ0n) is 16.3. The highest BCUT2D eigenvalue weighted by atomic mass is 19.1. The molecule has 0 fully saturated rings. The highest BCUT2D eigenvalue weighted by molar-refractivity contribution is 5.74. The van der Waals surface area contributed by atoms with Crippen LogP contribution in [-0.2, 0) is 9.53 Å². The third-order valence-electron chi connectivity index (χ3n) is 4.84. The van der Waals surface area contributed by atoms with Gasteiger partial charge in [-0.25, -0.2) is 4.39 Å². The van der Waals surface area contributed by atoms with Crippen molar-refractivity contribution in [2.24, 2.45) is 5.41 Å². The van der Waals surface area contributed by atoms with E-state index in [0.717, 1.165) is 17.5 Å². The van der Waals surface area contributed by atoms with Crippen molar-refractivity contribution in [3.05, 3.63) is 58.4 Å². The highest BCUT2D eigenvalue weighted by Crippen LogP contribution is 2.40. The van der Waals surface area contributed by atoms with Gasteiger partial charge in [-0.1, -0.05) is 49.8 Å². The van der Waals surface area contributed by atoms with Gasteiger partial charge in [0.25, 0.3) is 0 Å². The largest absolute Gasteiger partial charge is 0.466 e. The fourth-order valence-corrected chi connectivity index (χ4v) is 3.52. The van der Waals surface area contributed by atoms with Crippen molar-refractivity contribution in [2.45, 2.75) is 53.4 Å². The molecule has 2 nitrogen and oxygen atoms in total. The van der Waals surface area contributed by atoms with Gasteiger partial charge in [0.05, 0.1) is 13.0 Å². The van der Waals surface area contributed by atoms with E-state index in [0.29, 0.717) is 0 Å². The molecule has 1 aromatic rings. The van der Waals surface area contributed by atoms with Gasteiger partial charge in [0.1, 0.15) is 5.83 Å². The Kier molecular flexibility index (Phi) is 6.96. The molecule has 3 heteroatoms. The predicted octanol–water partition coefficient (Wildman–Crippen LogP) is 6.49. The van der Waals surface area contributed by atoms with E-state index < -0.39 is 11.8 Å². The Hall–Kier alpha value is -2.16. The molecule has 1 aliphatic carbocycles. The van der Waals surface area contributed by atoms with Crippen molar-refractivity contribution in [3.63, 3.8) is 0 Å². The summed E-state index contributed by atoms with van der Waals surface area (Å²) in [5, 5.41) is 0. The fraction of sp³-hybridized carbons (Fsp3) is 0.435. The maximum absolute atomic E-state index is 14.0. The standard InChI is InChI=1S/C23H29FO2/c1-5-26-22(25)16-20(24)15-19-10-6-9-18(14-19)11-12-21-17(2)8-7-13-23(21,3)4/h6,9-12,14-15H,5,7-8,13,16H2,1-4H3/b12-11+,20-15-. The summed E-state index contributed by atoms with van der Waals surface area (Å²) in [5.41, 5.74) is 4.81. The van der Waals surface area contributed by atoms with Crippen LogP contribution in [0, 0.1) is 5.41 Å². The zero-order valence-corrected chi connectivity index (χ0v) is 16.3. The number of hydrogen-bond acceptors (Lipinski definition) is 2. The van der Waals surface area contributed by atoms with Gasteiger partial charge in [0.2, 0.25) is 0 Å². The second-order valence-corrected chi connectivity index (χ2v) is 7.51. The van der Waals surface area contributed by atoms with Gasteiger partial charge < -0.3 is 4.74 Å². The number of halogens is 1. The van der Waals surface area contributed by atoms with Crippen molar-refractivity contribution >= 4 is 18.1 Å². The summed E-state index contributed by atoms with van der Waals surface area (Å²) in [5.74, 6) is -1.03. The van der Waals surface area contributed by atoms with E-state index in [1.807, 2.05) is 24.3 Å². The van der Waals surface area contributed by atoms with E-state index in [2.05, 4.69) is 32.9 Å². The Morgan fingerprint density at radius 2 is 2.00 bits per heavy atom. The zero-order chi connectivity index (χ0) is 19.2. The monoisotopic (exact) mass is 356 g/mol. The van der Waals surface area contributed by atoms with Gasteiger partial charge in [-0.15, -0.1) is 0 Å². The second-order valence-electron chi connectivity index (χ2n) is 7.51. The lowest BCUT2D eigenvalue weighted by Gasteiger charge is -2.32. The molecule has 0 spiro atoms. The average Bonchev–Trinajstić information content (AvgIpc) is 2.54. The van der Waals surface area contributed by atoms with Crippen LogP contribution in [0.1, 0.15) is 64.5 Å². The molecule has 2 rings (SSSR count).